The van der Waals surface area contributed by atoms with E-state index in [-0.39, 0.29) is 36.2 Å². The number of hydrogen-bond acceptors (Lipinski definition) is 4. The molecule has 0 heterocycles. The van der Waals surface area contributed by atoms with Gasteiger partial charge in [0, 0.05) is 25.7 Å². The van der Waals surface area contributed by atoms with E-state index >= 15 is 0 Å². The van der Waals surface area contributed by atoms with Crippen molar-refractivity contribution in [1.29, 1.82) is 0 Å². The van der Waals surface area contributed by atoms with Crippen molar-refractivity contribution in [2.45, 2.75) is 31.6 Å². The first-order valence-corrected chi connectivity index (χ1v) is 10.9. The topological polar surface area (TPSA) is 95.6 Å². The highest BCUT2D eigenvalue weighted by Crippen LogP contribution is 2.15. The summed E-state index contributed by atoms with van der Waals surface area (Å²) in [5.74, 6) is -0.627. The quantitative estimate of drug-likeness (QED) is 0.655. The Morgan fingerprint density at radius 3 is 2.34 bits per heavy atom. The number of benzene rings is 2. The zero-order chi connectivity index (χ0) is 21.4. The van der Waals surface area contributed by atoms with E-state index in [0.29, 0.717) is 0 Å². The first-order chi connectivity index (χ1) is 13.7. The molecule has 156 valence electrons. The van der Waals surface area contributed by atoms with Crippen molar-refractivity contribution >= 4 is 27.5 Å². The predicted octanol–water partition coefficient (Wildman–Crippen LogP) is 2.32. The number of anilines is 1. The minimum atomic E-state index is -3.67. The van der Waals surface area contributed by atoms with Crippen LogP contribution in [0.4, 0.5) is 5.69 Å². The number of likely N-dealkylation sites (N-methyl/N-ethyl adjacent to an activating group) is 1. The average Bonchev–Trinajstić information content (AvgIpc) is 2.68. The lowest BCUT2D eigenvalue weighted by atomic mass is 10.1. The number of rotatable bonds is 9. The van der Waals surface area contributed by atoms with Gasteiger partial charge in [-0.25, -0.2) is 13.1 Å². The third-order valence-corrected chi connectivity index (χ3v) is 5.92. The number of carbonyl (C=O) groups excluding carboxylic acids is 2. The molecular formula is C21H27N3O4S. The molecule has 2 aromatic carbocycles. The van der Waals surface area contributed by atoms with Gasteiger partial charge in [0.05, 0.1) is 11.4 Å². The minimum Gasteiger partial charge on any atom is -0.336 e. The SMILES string of the molecule is CCc1ccccc1NC(=O)CN(C)C(=O)CCNS(=O)(=O)c1ccc(C)cc1. The van der Waals surface area contributed by atoms with E-state index in [1.165, 1.54) is 24.1 Å². The fourth-order valence-corrected chi connectivity index (χ4v) is 3.76. The molecule has 0 unspecified atom stereocenters. The van der Waals surface area contributed by atoms with Crippen molar-refractivity contribution < 1.29 is 18.0 Å². The van der Waals surface area contributed by atoms with Crippen molar-refractivity contribution in [1.82, 2.24) is 9.62 Å². The van der Waals surface area contributed by atoms with Crippen LogP contribution in [0.5, 0.6) is 0 Å². The van der Waals surface area contributed by atoms with E-state index in [1.54, 1.807) is 12.1 Å². The fraction of sp³-hybridized carbons (Fsp3) is 0.333. The lowest BCUT2D eigenvalue weighted by molar-refractivity contribution is -0.133. The van der Waals surface area contributed by atoms with Gasteiger partial charge in [-0.3, -0.25) is 9.59 Å². The number of sulfonamides is 1. The summed E-state index contributed by atoms with van der Waals surface area (Å²) >= 11 is 0. The highest BCUT2D eigenvalue weighted by atomic mass is 32.2. The lowest BCUT2D eigenvalue weighted by Crippen LogP contribution is -2.37. The lowest BCUT2D eigenvalue weighted by Gasteiger charge is -2.18. The second-order valence-electron chi connectivity index (χ2n) is 6.77. The summed E-state index contributed by atoms with van der Waals surface area (Å²) in [5.41, 5.74) is 2.70. The summed E-state index contributed by atoms with van der Waals surface area (Å²) in [5, 5.41) is 2.81. The van der Waals surface area contributed by atoms with Crippen LogP contribution in [-0.4, -0.2) is 45.3 Å². The largest absolute Gasteiger partial charge is 0.336 e. The molecule has 29 heavy (non-hydrogen) atoms. The van der Waals surface area contributed by atoms with Gasteiger partial charge < -0.3 is 10.2 Å². The number of hydrogen-bond donors (Lipinski definition) is 2. The van der Waals surface area contributed by atoms with Gasteiger partial charge in [0.25, 0.3) is 0 Å². The van der Waals surface area contributed by atoms with E-state index in [2.05, 4.69) is 10.0 Å². The highest BCUT2D eigenvalue weighted by Gasteiger charge is 2.17. The molecule has 0 radical (unpaired) electrons. The average molecular weight is 418 g/mol. The maximum atomic E-state index is 12.2. The summed E-state index contributed by atoms with van der Waals surface area (Å²) < 4.78 is 26.9. The normalized spacial score (nSPS) is 11.1. The Morgan fingerprint density at radius 1 is 1.03 bits per heavy atom. The van der Waals surface area contributed by atoms with Crippen LogP contribution in [-0.2, 0) is 26.0 Å². The van der Waals surface area contributed by atoms with Crippen LogP contribution in [0.3, 0.4) is 0 Å². The molecule has 0 aromatic heterocycles. The first kappa shape index (κ1) is 22.6. The van der Waals surface area contributed by atoms with Gasteiger partial charge in [-0.2, -0.15) is 0 Å². The van der Waals surface area contributed by atoms with Crippen LogP contribution in [0.1, 0.15) is 24.5 Å². The maximum absolute atomic E-state index is 12.2. The number of nitrogens with one attached hydrogen (secondary N) is 2. The van der Waals surface area contributed by atoms with Gasteiger partial charge in [-0.15, -0.1) is 0 Å². The van der Waals surface area contributed by atoms with Crippen LogP contribution in [0.15, 0.2) is 53.4 Å². The Labute approximate surface area is 172 Å². The van der Waals surface area contributed by atoms with Gasteiger partial charge in [0.2, 0.25) is 21.8 Å². The molecular weight excluding hydrogens is 390 g/mol. The number of para-hydroxylation sites is 1. The smallest absolute Gasteiger partial charge is 0.243 e. The van der Waals surface area contributed by atoms with E-state index in [9.17, 15) is 18.0 Å². The number of aryl methyl sites for hydroxylation is 2. The molecule has 0 aliphatic carbocycles. The van der Waals surface area contributed by atoms with Gasteiger partial charge in [-0.05, 0) is 37.1 Å². The molecule has 0 saturated heterocycles. The van der Waals surface area contributed by atoms with Crippen molar-refractivity contribution in [3.8, 4) is 0 Å². The molecule has 2 N–H and O–H groups in total. The van der Waals surface area contributed by atoms with E-state index in [0.717, 1.165) is 23.2 Å². The van der Waals surface area contributed by atoms with Gasteiger partial charge >= 0.3 is 0 Å². The predicted molar refractivity (Wildman–Crippen MR) is 113 cm³/mol. The van der Waals surface area contributed by atoms with Crippen molar-refractivity contribution in [2.75, 3.05) is 25.5 Å². The molecule has 0 spiro atoms. The fourth-order valence-electron chi connectivity index (χ4n) is 2.73. The summed E-state index contributed by atoms with van der Waals surface area (Å²) in [6, 6.07) is 14.0. The molecule has 2 amide bonds. The molecule has 0 saturated carbocycles. The molecule has 0 aliphatic rings. The summed E-state index contributed by atoms with van der Waals surface area (Å²) in [4.78, 5) is 25.9. The maximum Gasteiger partial charge on any atom is 0.243 e. The number of amides is 2. The van der Waals surface area contributed by atoms with Crippen LogP contribution in [0.2, 0.25) is 0 Å². The van der Waals surface area contributed by atoms with Crippen LogP contribution in [0.25, 0.3) is 0 Å². The monoisotopic (exact) mass is 417 g/mol. The summed E-state index contributed by atoms with van der Waals surface area (Å²) in [6.07, 6.45) is 0.743. The van der Waals surface area contributed by atoms with Crippen LogP contribution >= 0.6 is 0 Å². The molecule has 0 atom stereocenters. The molecule has 2 rings (SSSR count). The molecule has 0 bridgehead atoms. The van der Waals surface area contributed by atoms with Gasteiger partial charge in [-0.1, -0.05) is 42.8 Å². The molecule has 0 aliphatic heterocycles. The Bertz CT molecular complexity index is 956. The van der Waals surface area contributed by atoms with E-state index in [1.807, 2.05) is 38.1 Å². The zero-order valence-electron chi connectivity index (χ0n) is 16.9. The second-order valence-corrected chi connectivity index (χ2v) is 8.54. The third kappa shape index (κ3) is 6.69. The van der Waals surface area contributed by atoms with Gasteiger partial charge in [0.1, 0.15) is 0 Å². The standard InChI is InChI=1S/C21H27N3O4S/c1-4-17-7-5-6-8-19(17)23-20(25)15-24(3)21(26)13-14-22-29(27,28)18-11-9-16(2)10-12-18/h5-12,22H,4,13-15H2,1-3H3,(H,23,25). The number of carbonyl (C=O) groups is 2. The van der Waals surface area contributed by atoms with Crippen molar-refractivity contribution in [3.05, 3.63) is 59.7 Å². The zero-order valence-corrected chi connectivity index (χ0v) is 17.8. The molecule has 8 heteroatoms. The van der Waals surface area contributed by atoms with Crippen molar-refractivity contribution in [3.63, 3.8) is 0 Å². The van der Waals surface area contributed by atoms with E-state index < -0.39 is 10.0 Å². The number of nitrogens with zero attached hydrogens (tertiary/aromatic N) is 1. The third-order valence-electron chi connectivity index (χ3n) is 4.44. The highest BCUT2D eigenvalue weighted by molar-refractivity contribution is 7.89. The Morgan fingerprint density at radius 2 is 1.69 bits per heavy atom. The Hall–Kier alpha value is -2.71. The summed E-state index contributed by atoms with van der Waals surface area (Å²) in [6.45, 7) is 3.72. The molecule has 2 aromatic rings. The summed E-state index contributed by atoms with van der Waals surface area (Å²) in [7, 11) is -2.15. The molecule has 7 nitrogen and oxygen atoms in total. The molecule has 0 fully saturated rings. The Balaban J connectivity index is 1.82. The minimum absolute atomic E-state index is 0.0413. The van der Waals surface area contributed by atoms with E-state index in [4.69, 9.17) is 0 Å². The van der Waals surface area contributed by atoms with Crippen LogP contribution in [0, 0.1) is 6.92 Å². The van der Waals surface area contributed by atoms with Crippen molar-refractivity contribution in [2.24, 2.45) is 0 Å². The first-order valence-electron chi connectivity index (χ1n) is 9.41. The second kappa shape index (κ2) is 10.2. The van der Waals surface area contributed by atoms with Crippen LogP contribution < -0.4 is 10.0 Å². The Kier molecular flexibility index (Phi) is 7.92. The van der Waals surface area contributed by atoms with Gasteiger partial charge in [0.15, 0.2) is 0 Å².